The first-order chi connectivity index (χ1) is 4.22. The van der Waals surface area contributed by atoms with Crippen LogP contribution in [0.4, 0.5) is 0 Å². The molecule has 1 unspecified atom stereocenters. The van der Waals surface area contributed by atoms with Crippen LogP contribution in [0.25, 0.3) is 0 Å². The molecule has 0 aromatic carbocycles. The Morgan fingerprint density at radius 1 is 1.89 bits per heavy atom. The topological polar surface area (TPSA) is 17.1 Å². The van der Waals surface area contributed by atoms with Crippen molar-refractivity contribution in [2.24, 2.45) is 5.92 Å². The van der Waals surface area contributed by atoms with Crippen molar-refractivity contribution in [2.75, 3.05) is 5.75 Å². The average Bonchev–Trinajstić information content (AvgIpc) is 2.13. The molecular formula is C6H8OS2. The maximum absolute atomic E-state index is 10.9. The lowest BCUT2D eigenvalue weighted by molar-refractivity contribution is -0.112. The lowest BCUT2D eigenvalue weighted by atomic mass is 10.1. The molecular weight excluding hydrogens is 152 g/mol. The first kappa shape index (κ1) is 7.22. The summed E-state index contributed by atoms with van der Waals surface area (Å²) in [6.45, 7) is 1.85. The minimum atomic E-state index is 0.0880. The molecule has 0 aliphatic carbocycles. The quantitative estimate of drug-likeness (QED) is 0.543. The van der Waals surface area contributed by atoms with Crippen molar-refractivity contribution in [1.29, 1.82) is 0 Å². The molecule has 1 aliphatic heterocycles. The fraction of sp³-hybridized carbons (Fsp3) is 0.667. The summed E-state index contributed by atoms with van der Waals surface area (Å²) in [6, 6.07) is 0. The summed E-state index contributed by atoms with van der Waals surface area (Å²) < 4.78 is 0. The molecule has 0 amide bonds. The van der Waals surface area contributed by atoms with Crippen molar-refractivity contribution in [3.63, 3.8) is 0 Å². The Labute approximate surface area is 64.2 Å². The van der Waals surface area contributed by atoms with E-state index in [1.165, 1.54) is 11.8 Å². The van der Waals surface area contributed by atoms with Crippen LogP contribution in [-0.2, 0) is 4.79 Å². The maximum atomic E-state index is 10.9. The molecule has 1 fully saturated rings. The van der Waals surface area contributed by atoms with Gasteiger partial charge in [0, 0.05) is 10.6 Å². The van der Waals surface area contributed by atoms with Crippen molar-refractivity contribution in [3.05, 3.63) is 0 Å². The van der Waals surface area contributed by atoms with Gasteiger partial charge in [0.15, 0.2) is 5.12 Å². The molecule has 9 heavy (non-hydrogen) atoms. The number of thiocarbonyl (C=S) groups is 1. The predicted molar refractivity (Wildman–Crippen MR) is 43.8 cm³/mol. The van der Waals surface area contributed by atoms with Gasteiger partial charge in [-0.1, -0.05) is 24.0 Å². The van der Waals surface area contributed by atoms with E-state index in [0.29, 0.717) is 0 Å². The van der Waals surface area contributed by atoms with Crippen molar-refractivity contribution in [3.8, 4) is 0 Å². The highest BCUT2D eigenvalue weighted by Crippen LogP contribution is 2.26. The van der Waals surface area contributed by atoms with E-state index in [2.05, 4.69) is 0 Å². The molecule has 1 saturated heterocycles. The largest absolute Gasteiger partial charge is 0.287 e. The van der Waals surface area contributed by atoms with Crippen molar-refractivity contribution >= 4 is 34.0 Å². The molecule has 0 aromatic rings. The molecule has 0 spiro atoms. The van der Waals surface area contributed by atoms with E-state index in [9.17, 15) is 4.79 Å². The van der Waals surface area contributed by atoms with Crippen LogP contribution in [0.2, 0.25) is 0 Å². The number of rotatable bonds is 1. The van der Waals surface area contributed by atoms with Crippen LogP contribution in [0.15, 0.2) is 0 Å². The van der Waals surface area contributed by atoms with Gasteiger partial charge in [0.2, 0.25) is 0 Å². The summed E-state index contributed by atoms with van der Waals surface area (Å²) in [5, 5.41) is 0.266. The van der Waals surface area contributed by atoms with E-state index in [-0.39, 0.29) is 11.0 Å². The van der Waals surface area contributed by atoms with E-state index in [4.69, 9.17) is 12.2 Å². The molecule has 1 heterocycles. The van der Waals surface area contributed by atoms with Gasteiger partial charge in [-0.25, -0.2) is 0 Å². The third-order valence-electron chi connectivity index (χ3n) is 1.43. The van der Waals surface area contributed by atoms with Crippen LogP contribution in [-0.4, -0.2) is 15.7 Å². The van der Waals surface area contributed by atoms with Crippen LogP contribution >= 0.6 is 24.0 Å². The summed E-state index contributed by atoms with van der Waals surface area (Å²) in [4.78, 5) is 11.7. The molecule has 0 radical (unpaired) electrons. The normalized spacial score (nSPS) is 26.8. The first-order valence-corrected chi connectivity index (χ1v) is 4.28. The molecule has 1 atom stereocenters. The van der Waals surface area contributed by atoms with Gasteiger partial charge in [-0.05, 0) is 13.3 Å². The highest BCUT2D eigenvalue weighted by Gasteiger charge is 2.26. The van der Waals surface area contributed by atoms with Crippen LogP contribution < -0.4 is 0 Å². The summed E-state index contributed by atoms with van der Waals surface area (Å²) in [5.74, 6) is 1.04. The van der Waals surface area contributed by atoms with E-state index in [1.54, 1.807) is 0 Å². The highest BCUT2D eigenvalue weighted by atomic mass is 32.2. The zero-order chi connectivity index (χ0) is 6.85. The van der Waals surface area contributed by atoms with Crippen molar-refractivity contribution in [1.82, 2.24) is 0 Å². The zero-order valence-electron chi connectivity index (χ0n) is 5.22. The number of thioether (sulfide) groups is 1. The fourth-order valence-corrected chi connectivity index (χ4v) is 2.22. The van der Waals surface area contributed by atoms with Gasteiger partial charge in [-0.15, -0.1) is 0 Å². The summed E-state index contributed by atoms with van der Waals surface area (Å²) >= 11 is 6.31. The molecule has 0 aromatic heterocycles. The van der Waals surface area contributed by atoms with Gasteiger partial charge in [0.1, 0.15) is 0 Å². The molecule has 1 nitrogen and oxygen atoms in total. The molecule has 1 aliphatic rings. The van der Waals surface area contributed by atoms with Gasteiger partial charge >= 0.3 is 0 Å². The second kappa shape index (κ2) is 2.80. The first-order valence-electron chi connectivity index (χ1n) is 2.89. The third kappa shape index (κ3) is 1.52. The van der Waals surface area contributed by atoms with Gasteiger partial charge in [0.25, 0.3) is 0 Å². The molecule has 50 valence electrons. The SMILES string of the molecule is CC(=S)C1CCSC1=O. The lowest BCUT2D eigenvalue weighted by Crippen LogP contribution is -2.11. The number of hydrogen-bond acceptors (Lipinski definition) is 3. The minimum absolute atomic E-state index is 0.0880. The van der Waals surface area contributed by atoms with E-state index in [1.807, 2.05) is 6.92 Å². The fourth-order valence-electron chi connectivity index (χ4n) is 0.865. The summed E-state index contributed by atoms with van der Waals surface area (Å²) in [6.07, 6.45) is 0.957. The van der Waals surface area contributed by atoms with Crippen LogP contribution in [0.5, 0.6) is 0 Å². The average molecular weight is 160 g/mol. The second-order valence-electron chi connectivity index (χ2n) is 2.12. The van der Waals surface area contributed by atoms with Crippen LogP contribution in [0.1, 0.15) is 13.3 Å². The Morgan fingerprint density at radius 2 is 2.56 bits per heavy atom. The number of carbonyl (C=O) groups excluding carboxylic acids is 1. The Bertz CT molecular complexity index is 153. The van der Waals surface area contributed by atoms with Crippen molar-refractivity contribution in [2.45, 2.75) is 13.3 Å². The Morgan fingerprint density at radius 3 is 2.78 bits per heavy atom. The minimum Gasteiger partial charge on any atom is -0.287 e. The van der Waals surface area contributed by atoms with Crippen LogP contribution in [0, 0.1) is 5.92 Å². The van der Waals surface area contributed by atoms with Gasteiger partial charge in [0.05, 0.1) is 5.92 Å². The van der Waals surface area contributed by atoms with Crippen LogP contribution in [0.3, 0.4) is 0 Å². The molecule has 0 bridgehead atoms. The predicted octanol–water partition coefficient (Wildman–Crippen LogP) is 1.66. The Hall–Kier alpha value is 0.110. The molecule has 0 saturated carbocycles. The second-order valence-corrected chi connectivity index (χ2v) is 3.86. The van der Waals surface area contributed by atoms with Crippen molar-refractivity contribution < 1.29 is 4.79 Å². The van der Waals surface area contributed by atoms with E-state index >= 15 is 0 Å². The van der Waals surface area contributed by atoms with Gasteiger partial charge in [-0.3, -0.25) is 4.79 Å². The zero-order valence-corrected chi connectivity index (χ0v) is 6.85. The van der Waals surface area contributed by atoms with Gasteiger partial charge in [-0.2, -0.15) is 0 Å². The number of hydrogen-bond donors (Lipinski definition) is 0. The molecule has 0 N–H and O–H groups in total. The van der Waals surface area contributed by atoms with E-state index < -0.39 is 0 Å². The monoisotopic (exact) mass is 160 g/mol. The Balaban J connectivity index is 2.60. The third-order valence-corrected chi connectivity index (χ3v) is 2.72. The maximum Gasteiger partial charge on any atom is 0.196 e. The number of carbonyl (C=O) groups is 1. The molecule has 1 rings (SSSR count). The van der Waals surface area contributed by atoms with E-state index in [0.717, 1.165) is 17.0 Å². The molecule has 3 heteroatoms. The lowest BCUT2D eigenvalue weighted by Gasteiger charge is -2.00. The smallest absolute Gasteiger partial charge is 0.196 e. The van der Waals surface area contributed by atoms with Gasteiger partial charge < -0.3 is 0 Å². The highest BCUT2D eigenvalue weighted by molar-refractivity contribution is 8.14. The standard InChI is InChI=1S/C6H8OS2/c1-4(8)5-2-3-9-6(5)7/h5H,2-3H2,1H3. The Kier molecular flexibility index (Phi) is 2.24. The summed E-state index contributed by atoms with van der Waals surface area (Å²) in [5.41, 5.74) is 0. The summed E-state index contributed by atoms with van der Waals surface area (Å²) in [7, 11) is 0.